The van der Waals surface area contributed by atoms with Crippen molar-refractivity contribution in [3.8, 4) is 0 Å². The maximum Gasteiger partial charge on any atom is 0.223 e. The molecule has 0 bridgehead atoms. The van der Waals surface area contributed by atoms with Crippen LogP contribution in [-0.4, -0.2) is 24.2 Å². The van der Waals surface area contributed by atoms with E-state index in [0.29, 0.717) is 23.7 Å². The van der Waals surface area contributed by atoms with Crippen LogP contribution in [0.15, 0.2) is 0 Å². The zero-order valence-corrected chi connectivity index (χ0v) is 17.6. The van der Waals surface area contributed by atoms with Crippen molar-refractivity contribution in [2.24, 2.45) is 40.4 Å². The SMILES string of the molecule is CC[C@@H]1C(C(C)(C)C(C)C[C@H](C)O)CC[C@@]2(C)C1CC[C@@H]2C(=O)NC. The number of hydrogen-bond acceptors (Lipinski definition) is 2. The molecule has 1 amide bonds. The van der Waals surface area contributed by atoms with Gasteiger partial charge in [0.05, 0.1) is 6.10 Å². The quantitative estimate of drug-likeness (QED) is 0.733. The molecule has 3 nitrogen and oxygen atoms in total. The van der Waals surface area contributed by atoms with Crippen LogP contribution in [-0.2, 0) is 4.79 Å². The minimum absolute atomic E-state index is 0.168. The van der Waals surface area contributed by atoms with Crippen LogP contribution < -0.4 is 5.32 Å². The van der Waals surface area contributed by atoms with Crippen molar-refractivity contribution in [2.45, 2.75) is 86.2 Å². The van der Waals surface area contributed by atoms with Crippen LogP contribution in [0.3, 0.4) is 0 Å². The predicted octanol–water partition coefficient (Wildman–Crippen LogP) is 4.63. The smallest absolute Gasteiger partial charge is 0.223 e. The highest BCUT2D eigenvalue weighted by atomic mass is 16.3. The average Bonchev–Trinajstić information content (AvgIpc) is 2.89. The van der Waals surface area contributed by atoms with Gasteiger partial charge >= 0.3 is 0 Å². The Kier molecular flexibility index (Phi) is 6.29. The standard InChI is InChI=1S/C22H41NO2/c1-8-16-17(21(4,5)14(2)13-15(3)24)11-12-22(6)18(16)9-10-19(22)20(25)23-7/h14-19,24H,8-13H2,1-7H3,(H,23,25)/t14?,15-,16+,17?,18?,19+,22-/m0/s1. The zero-order chi connectivity index (χ0) is 19.0. The van der Waals surface area contributed by atoms with E-state index in [9.17, 15) is 9.90 Å². The normalized spacial score (nSPS) is 38.1. The Bertz CT molecular complexity index is 473. The Morgan fingerprint density at radius 2 is 1.92 bits per heavy atom. The van der Waals surface area contributed by atoms with Crippen LogP contribution in [0.25, 0.3) is 0 Å². The van der Waals surface area contributed by atoms with Gasteiger partial charge < -0.3 is 10.4 Å². The molecular formula is C22H41NO2. The number of nitrogens with one attached hydrogen (secondary N) is 1. The van der Waals surface area contributed by atoms with Crippen molar-refractivity contribution >= 4 is 5.91 Å². The van der Waals surface area contributed by atoms with Crippen molar-refractivity contribution in [1.82, 2.24) is 5.32 Å². The lowest BCUT2D eigenvalue weighted by molar-refractivity contribution is -0.131. The van der Waals surface area contributed by atoms with E-state index >= 15 is 0 Å². The van der Waals surface area contributed by atoms with Crippen LogP contribution in [0.5, 0.6) is 0 Å². The fourth-order valence-corrected chi connectivity index (χ4v) is 6.57. The molecule has 3 unspecified atom stereocenters. The van der Waals surface area contributed by atoms with Crippen LogP contribution in [0, 0.1) is 40.4 Å². The van der Waals surface area contributed by atoms with Gasteiger partial charge in [-0.15, -0.1) is 0 Å². The third kappa shape index (κ3) is 3.63. The second-order valence-corrected chi connectivity index (χ2v) is 9.88. The monoisotopic (exact) mass is 351 g/mol. The summed E-state index contributed by atoms with van der Waals surface area (Å²) in [7, 11) is 1.78. The molecule has 146 valence electrons. The molecule has 0 spiro atoms. The van der Waals surface area contributed by atoms with Crippen LogP contribution in [0.4, 0.5) is 0 Å². The molecule has 0 radical (unpaired) electrons. The lowest BCUT2D eigenvalue weighted by atomic mass is 9.51. The van der Waals surface area contributed by atoms with Gasteiger partial charge in [-0.1, -0.05) is 41.0 Å². The number of hydrogen-bond donors (Lipinski definition) is 2. The molecule has 2 N–H and O–H groups in total. The largest absolute Gasteiger partial charge is 0.393 e. The number of aliphatic hydroxyl groups is 1. The molecule has 0 aromatic carbocycles. The molecule has 2 aliphatic carbocycles. The van der Waals surface area contributed by atoms with Crippen LogP contribution in [0.1, 0.15) is 80.1 Å². The van der Waals surface area contributed by atoms with Gasteiger partial charge in [0.25, 0.3) is 0 Å². The van der Waals surface area contributed by atoms with Gasteiger partial charge in [0.1, 0.15) is 0 Å². The summed E-state index contributed by atoms with van der Waals surface area (Å²) in [6, 6.07) is 0. The Morgan fingerprint density at radius 3 is 2.44 bits per heavy atom. The molecular weight excluding hydrogens is 310 g/mol. The number of aliphatic hydroxyl groups excluding tert-OH is 1. The van der Waals surface area contributed by atoms with Crippen molar-refractivity contribution in [1.29, 1.82) is 0 Å². The molecule has 0 aromatic rings. The van der Waals surface area contributed by atoms with Crippen molar-refractivity contribution in [3.63, 3.8) is 0 Å². The van der Waals surface area contributed by atoms with Crippen LogP contribution >= 0.6 is 0 Å². The summed E-state index contributed by atoms with van der Waals surface area (Å²) in [6.45, 7) is 13.8. The second kappa shape index (κ2) is 7.58. The van der Waals surface area contributed by atoms with E-state index in [2.05, 4.69) is 39.9 Å². The van der Waals surface area contributed by atoms with Crippen molar-refractivity contribution < 1.29 is 9.90 Å². The maximum atomic E-state index is 12.4. The third-order valence-electron chi connectivity index (χ3n) is 8.39. The number of carbonyl (C=O) groups is 1. The molecule has 3 heteroatoms. The van der Waals surface area contributed by atoms with Gasteiger partial charge in [-0.05, 0) is 73.5 Å². The predicted molar refractivity (Wildman–Crippen MR) is 104 cm³/mol. The van der Waals surface area contributed by atoms with E-state index < -0.39 is 0 Å². The fraction of sp³-hybridized carbons (Fsp3) is 0.955. The molecule has 2 saturated carbocycles. The highest BCUT2D eigenvalue weighted by Gasteiger charge is 2.57. The van der Waals surface area contributed by atoms with E-state index in [1.54, 1.807) is 7.05 Å². The van der Waals surface area contributed by atoms with E-state index in [4.69, 9.17) is 0 Å². The Hall–Kier alpha value is -0.570. The lowest BCUT2D eigenvalue weighted by Crippen LogP contribution is -2.49. The molecule has 7 atom stereocenters. The van der Waals surface area contributed by atoms with Gasteiger partial charge in [-0.2, -0.15) is 0 Å². The topological polar surface area (TPSA) is 49.3 Å². The highest BCUT2D eigenvalue weighted by molar-refractivity contribution is 5.79. The number of amides is 1. The van der Waals surface area contributed by atoms with E-state index in [1.807, 2.05) is 6.92 Å². The summed E-state index contributed by atoms with van der Waals surface area (Å²) in [5.41, 5.74) is 0.394. The highest BCUT2D eigenvalue weighted by Crippen LogP contribution is 2.63. The summed E-state index contributed by atoms with van der Waals surface area (Å²) in [6.07, 6.45) is 6.49. The average molecular weight is 352 g/mol. The first-order chi connectivity index (χ1) is 11.6. The summed E-state index contributed by atoms with van der Waals surface area (Å²) < 4.78 is 0. The number of rotatable bonds is 6. The second-order valence-electron chi connectivity index (χ2n) is 9.88. The van der Waals surface area contributed by atoms with E-state index in [1.165, 1.54) is 25.7 Å². The van der Waals surface area contributed by atoms with Crippen molar-refractivity contribution in [2.75, 3.05) is 7.05 Å². The number of carbonyl (C=O) groups excluding carboxylic acids is 1. The lowest BCUT2D eigenvalue weighted by Gasteiger charge is -2.54. The molecule has 0 heterocycles. The Labute approximate surface area is 155 Å². The number of fused-ring (bicyclic) bond motifs is 1. The first kappa shape index (κ1) is 20.7. The minimum atomic E-state index is -0.229. The molecule has 0 aromatic heterocycles. The van der Waals surface area contributed by atoms with Crippen molar-refractivity contribution in [3.05, 3.63) is 0 Å². The summed E-state index contributed by atoms with van der Waals surface area (Å²) >= 11 is 0. The van der Waals surface area contributed by atoms with Gasteiger partial charge in [0.15, 0.2) is 0 Å². The first-order valence-corrected chi connectivity index (χ1v) is 10.5. The Balaban J connectivity index is 2.25. The molecule has 2 aliphatic rings. The first-order valence-electron chi connectivity index (χ1n) is 10.5. The van der Waals surface area contributed by atoms with E-state index in [-0.39, 0.29) is 28.8 Å². The Morgan fingerprint density at radius 1 is 1.28 bits per heavy atom. The van der Waals surface area contributed by atoms with Gasteiger partial charge in [0, 0.05) is 13.0 Å². The van der Waals surface area contributed by atoms with Gasteiger partial charge in [0.2, 0.25) is 5.91 Å². The summed E-state index contributed by atoms with van der Waals surface area (Å²) in [5.74, 6) is 2.99. The van der Waals surface area contributed by atoms with E-state index in [0.717, 1.165) is 12.8 Å². The van der Waals surface area contributed by atoms with Gasteiger partial charge in [-0.3, -0.25) is 4.79 Å². The molecule has 2 rings (SSSR count). The molecule has 0 saturated heterocycles. The fourth-order valence-electron chi connectivity index (χ4n) is 6.57. The maximum absolute atomic E-state index is 12.4. The summed E-state index contributed by atoms with van der Waals surface area (Å²) in [4.78, 5) is 12.4. The van der Waals surface area contributed by atoms with Crippen LogP contribution in [0.2, 0.25) is 0 Å². The van der Waals surface area contributed by atoms with Gasteiger partial charge in [-0.25, -0.2) is 0 Å². The molecule has 25 heavy (non-hydrogen) atoms. The minimum Gasteiger partial charge on any atom is -0.393 e. The zero-order valence-electron chi connectivity index (χ0n) is 17.6. The third-order valence-corrected chi connectivity index (χ3v) is 8.39. The molecule has 2 fully saturated rings. The molecule has 0 aliphatic heterocycles. The summed E-state index contributed by atoms with van der Waals surface area (Å²) in [5, 5.41) is 12.8.